The molecule has 2 aromatic rings. The Labute approximate surface area is 108 Å². The van der Waals surface area contributed by atoms with Gasteiger partial charge in [-0.25, -0.2) is 0 Å². The summed E-state index contributed by atoms with van der Waals surface area (Å²) in [5.41, 5.74) is 4.56. The number of benzene rings is 1. The van der Waals surface area contributed by atoms with Crippen LogP contribution in [0.5, 0.6) is 0 Å². The van der Waals surface area contributed by atoms with Crippen molar-refractivity contribution in [3.63, 3.8) is 0 Å². The second-order valence-corrected chi connectivity index (χ2v) is 4.36. The van der Waals surface area contributed by atoms with Crippen molar-refractivity contribution < 1.29 is 0 Å². The summed E-state index contributed by atoms with van der Waals surface area (Å²) in [4.78, 5) is 6.41. The van der Waals surface area contributed by atoms with E-state index in [1.54, 1.807) is 0 Å². The highest BCUT2D eigenvalue weighted by atomic mass is 15.1. The van der Waals surface area contributed by atoms with E-state index in [0.717, 1.165) is 17.9 Å². The lowest BCUT2D eigenvalue weighted by Gasteiger charge is -2.20. The maximum atomic E-state index is 4.27. The lowest BCUT2D eigenvalue weighted by atomic mass is 10.2. The number of anilines is 3. The Hall–Kier alpha value is -2.03. The first kappa shape index (κ1) is 12.4. The summed E-state index contributed by atoms with van der Waals surface area (Å²) in [7, 11) is 2.06. The Morgan fingerprint density at radius 1 is 1.17 bits per heavy atom. The van der Waals surface area contributed by atoms with Crippen LogP contribution in [0, 0.1) is 6.92 Å². The van der Waals surface area contributed by atoms with Gasteiger partial charge in [-0.15, -0.1) is 0 Å². The van der Waals surface area contributed by atoms with E-state index < -0.39 is 0 Å². The van der Waals surface area contributed by atoms with Crippen LogP contribution in [0.15, 0.2) is 42.7 Å². The molecule has 2 rings (SSSR count). The maximum Gasteiger partial charge on any atom is 0.0615 e. The normalized spacial score (nSPS) is 10.2. The molecule has 0 aliphatic carbocycles. The molecule has 0 saturated heterocycles. The van der Waals surface area contributed by atoms with E-state index in [1.165, 1.54) is 11.3 Å². The highest BCUT2D eigenvalue weighted by Crippen LogP contribution is 2.25. The molecule has 0 spiro atoms. The van der Waals surface area contributed by atoms with Gasteiger partial charge in [0.1, 0.15) is 0 Å². The highest BCUT2D eigenvalue weighted by Gasteiger charge is 2.05. The van der Waals surface area contributed by atoms with Crippen molar-refractivity contribution in [3.8, 4) is 0 Å². The molecule has 0 atom stereocenters. The van der Waals surface area contributed by atoms with Crippen LogP contribution in [0.25, 0.3) is 0 Å². The minimum Gasteiger partial charge on any atom is -0.384 e. The van der Waals surface area contributed by atoms with E-state index in [4.69, 9.17) is 0 Å². The van der Waals surface area contributed by atoms with Crippen LogP contribution >= 0.6 is 0 Å². The topological polar surface area (TPSA) is 28.2 Å². The lowest BCUT2D eigenvalue weighted by Crippen LogP contribution is -2.10. The number of hydrogen-bond acceptors (Lipinski definition) is 3. The number of aryl methyl sites for hydroxylation is 1. The van der Waals surface area contributed by atoms with E-state index in [9.17, 15) is 0 Å². The minimum atomic E-state index is 0.902. The summed E-state index contributed by atoms with van der Waals surface area (Å²) >= 11 is 0. The number of hydrogen-bond donors (Lipinski definition) is 1. The van der Waals surface area contributed by atoms with Gasteiger partial charge in [-0.3, -0.25) is 4.98 Å². The second-order valence-electron chi connectivity index (χ2n) is 4.36. The summed E-state index contributed by atoms with van der Waals surface area (Å²) in [6.45, 7) is 5.08. The third-order valence-electron chi connectivity index (χ3n) is 2.88. The first-order valence-corrected chi connectivity index (χ1v) is 6.20. The lowest BCUT2D eigenvalue weighted by molar-refractivity contribution is 1.15. The van der Waals surface area contributed by atoms with Crippen LogP contribution in [0.4, 0.5) is 17.1 Å². The van der Waals surface area contributed by atoms with E-state index in [-0.39, 0.29) is 0 Å². The van der Waals surface area contributed by atoms with Crippen molar-refractivity contribution >= 4 is 17.1 Å². The summed E-state index contributed by atoms with van der Waals surface area (Å²) in [5, 5.41) is 3.28. The molecule has 94 valence electrons. The molecular formula is C15H19N3. The van der Waals surface area contributed by atoms with Gasteiger partial charge >= 0.3 is 0 Å². The fraction of sp³-hybridized carbons (Fsp3) is 0.267. The zero-order valence-corrected chi connectivity index (χ0v) is 11.1. The van der Waals surface area contributed by atoms with Crippen molar-refractivity contribution in [2.24, 2.45) is 0 Å². The predicted octanol–water partition coefficient (Wildman–Crippen LogP) is 3.59. The largest absolute Gasteiger partial charge is 0.384 e. The molecule has 0 saturated carbocycles. The molecule has 1 N–H and O–H groups in total. The van der Waals surface area contributed by atoms with Crippen LogP contribution in [-0.2, 0) is 0 Å². The quantitative estimate of drug-likeness (QED) is 0.886. The van der Waals surface area contributed by atoms with E-state index in [2.05, 4.69) is 66.4 Å². The van der Waals surface area contributed by atoms with Crippen LogP contribution in [0.2, 0.25) is 0 Å². The molecule has 0 bridgehead atoms. The second kappa shape index (κ2) is 5.54. The van der Waals surface area contributed by atoms with Crippen molar-refractivity contribution in [2.75, 3.05) is 23.8 Å². The zero-order chi connectivity index (χ0) is 13.0. The number of rotatable bonds is 4. The van der Waals surface area contributed by atoms with Gasteiger partial charge < -0.3 is 10.2 Å². The molecule has 18 heavy (non-hydrogen) atoms. The molecule has 1 heterocycles. The van der Waals surface area contributed by atoms with Gasteiger partial charge in [-0.1, -0.05) is 12.1 Å². The van der Waals surface area contributed by atoms with E-state index >= 15 is 0 Å². The number of aromatic nitrogens is 1. The monoisotopic (exact) mass is 241 g/mol. The smallest absolute Gasteiger partial charge is 0.0615 e. The molecular weight excluding hydrogens is 222 g/mol. The number of pyridine rings is 1. The number of nitrogens with zero attached hydrogens (tertiary/aromatic N) is 2. The van der Waals surface area contributed by atoms with Crippen LogP contribution < -0.4 is 10.2 Å². The molecule has 3 nitrogen and oxygen atoms in total. The first-order chi connectivity index (χ1) is 8.70. The van der Waals surface area contributed by atoms with Gasteiger partial charge in [0.2, 0.25) is 0 Å². The molecule has 0 aliphatic rings. The van der Waals surface area contributed by atoms with Crippen molar-refractivity contribution in [3.05, 3.63) is 48.3 Å². The average molecular weight is 241 g/mol. The Balaban J connectivity index is 2.27. The highest BCUT2D eigenvalue weighted by molar-refractivity contribution is 5.65. The average Bonchev–Trinajstić information content (AvgIpc) is 2.39. The molecule has 0 unspecified atom stereocenters. The van der Waals surface area contributed by atoms with Gasteiger partial charge in [-0.2, -0.15) is 0 Å². The fourth-order valence-corrected chi connectivity index (χ4v) is 1.90. The zero-order valence-electron chi connectivity index (χ0n) is 11.1. The van der Waals surface area contributed by atoms with Crippen molar-refractivity contribution in [1.29, 1.82) is 0 Å². The third kappa shape index (κ3) is 2.80. The molecule has 0 aliphatic heterocycles. The molecule has 0 radical (unpaired) electrons. The SMILES string of the molecule is CCNc1cncc(N(C)c2cccc(C)c2)c1. The third-order valence-corrected chi connectivity index (χ3v) is 2.88. The summed E-state index contributed by atoms with van der Waals surface area (Å²) in [5.74, 6) is 0. The fourth-order valence-electron chi connectivity index (χ4n) is 1.90. The van der Waals surface area contributed by atoms with Gasteiger partial charge in [0, 0.05) is 19.3 Å². The Morgan fingerprint density at radius 3 is 2.72 bits per heavy atom. The van der Waals surface area contributed by atoms with Crippen LogP contribution in [0.1, 0.15) is 12.5 Å². The summed E-state index contributed by atoms with van der Waals surface area (Å²) in [6, 6.07) is 10.6. The molecule has 1 aromatic heterocycles. The number of nitrogens with one attached hydrogen (secondary N) is 1. The Bertz CT molecular complexity index is 523. The molecule has 3 heteroatoms. The van der Waals surface area contributed by atoms with E-state index in [1.807, 2.05) is 12.4 Å². The van der Waals surface area contributed by atoms with Crippen molar-refractivity contribution in [1.82, 2.24) is 4.98 Å². The first-order valence-electron chi connectivity index (χ1n) is 6.20. The van der Waals surface area contributed by atoms with Gasteiger partial charge in [0.25, 0.3) is 0 Å². The minimum absolute atomic E-state index is 0.902. The Kier molecular flexibility index (Phi) is 3.82. The van der Waals surface area contributed by atoms with Gasteiger partial charge in [-0.05, 0) is 37.6 Å². The van der Waals surface area contributed by atoms with Gasteiger partial charge in [0.15, 0.2) is 0 Å². The summed E-state index contributed by atoms with van der Waals surface area (Å²) in [6.07, 6.45) is 3.72. The van der Waals surface area contributed by atoms with Crippen LogP contribution in [0.3, 0.4) is 0 Å². The maximum absolute atomic E-state index is 4.27. The standard InChI is InChI=1S/C15H19N3/c1-4-17-13-9-15(11-16-10-13)18(3)14-7-5-6-12(2)8-14/h5-11,17H,4H2,1-3H3. The van der Waals surface area contributed by atoms with E-state index in [0.29, 0.717) is 0 Å². The predicted molar refractivity (Wildman–Crippen MR) is 77.6 cm³/mol. The molecule has 0 amide bonds. The molecule has 0 fully saturated rings. The van der Waals surface area contributed by atoms with Crippen LogP contribution in [-0.4, -0.2) is 18.6 Å². The Morgan fingerprint density at radius 2 is 2.00 bits per heavy atom. The van der Waals surface area contributed by atoms with Crippen molar-refractivity contribution in [2.45, 2.75) is 13.8 Å². The van der Waals surface area contributed by atoms with Gasteiger partial charge in [0.05, 0.1) is 23.8 Å². The summed E-state index contributed by atoms with van der Waals surface area (Å²) < 4.78 is 0. The molecule has 1 aromatic carbocycles.